The Hall–Kier alpha value is -0.900. The van der Waals surface area contributed by atoms with Crippen molar-refractivity contribution >= 4 is 21.8 Å². The maximum Gasteiger partial charge on any atom is 0.269 e. The van der Waals surface area contributed by atoms with Gasteiger partial charge in [0.15, 0.2) is 0 Å². The standard InChI is InChI=1S/C12H17BrN2O/c1-3-9(4-2)7-15-12(16)11-6-5-10(13)8-14-11/h5-6,8-9H,3-4,7H2,1-2H3,(H,15,16). The fraction of sp³-hybridized carbons (Fsp3) is 0.500. The molecule has 3 nitrogen and oxygen atoms in total. The highest BCUT2D eigenvalue weighted by molar-refractivity contribution is 9.10. The molecule has 1 N–H and O–H groups in total. The van der Waals surface area contributed by atoms with Gasteiger partial charge in [-0.05, 0) is 34.0 Å². The third-order valence-corrected chi connectivity index (χ3v) is 3.14. The predicted molar refractivity (Wildman–Crippen MR) is 68.3 cm³/mol. The van der Waals surface area contributed by atoms with Crippen LogP contribution in [0.1, 0.15) is 37.2 Å². The minimum Gasteiger partial charge on any atom is -0.350 e. The normalized spacial score (nSPS) is 10.5. The summed E-state index contributed by atoms with van der Waals surface area (Å²) < 4.78 is 0.879. The summed E-state index contributed by atoms with van der Waals surface area (Å²) in [6.07, 6.45) is 3.81. The summed E-state index contributed by atoms with van der Waals surface area (Å²) in [6, 6.07) is 3.53. The van der Waals surface area contributed by atoms with Crippen LogP contribution in [0, 0.1) is 5.92 Å². The first-order valence-corrected chi connectivity index (χ1v) is 6.36. The van der Waals surface area contributed by atoms with Crippen molar-refractivity contribution in [2.75, 3.05) is 6.54 Å². The second-order valence-corrected chi connectivity index (χ2v) is 4.67. The average molecular weight is 285 g/mol. The Balaban J connectivity index is 2.49. The molecular formula is C12H17BrN2O. The van der Waals surface area contributed by atoms with Gasteiger partial charge in [-0.1, -0.05) is 26.7 Å². The quantitative estimate of drug-likeness (QED) is 0.903. The molecule has 0 bridgehead atoms. The molecule has 0 saturated heterocycles. The van der Waals surface area contributed by atoms with E-state index in [4.69, 9.17) is 0 Å². The van der Waals surface area contributed by atoms with E-state index in [1.807, 2.05) is 6.07 Å². The largest absolute Gasteiger partial charge is 0.350 e. The number of carbonyl (C=O) groups excluding carboxylic acids is 1. The van der Waals surface area contributed by atoms with Gasteiger partial charge in [-0.15, -0.1) is 0 Å². The smallest absolute Gasteiger partial charge is 0.269 e. The lowest BCUT2D eigenvalue weighted by Crippen LogP contribution is -2.29. The molecule has 0 unspecified atom stereocenters. The molecule has 88 valence electrons. The maximum atomic E-state index is 11.7. The highest BCUT2D eigenvalue weighted by atomic mass is 79.9. The minimum atomic E-state index is -0.0978. The Labute approximate surface area is 105 Å². The molecule has 1 amide bonds. The lowest BCUT2D eigenvalue weighted by Gasteiger charge is -2.12. The molecule has 0 spiro atoms. The van der Waals surface area contributed by atoms with E-state index in [2.05, 4.69) is 40.1 Å². The van der Waals surface area contributed by atoms with Crippen LogP contribution >= 0.6 is 15.9 Å². The Morgan fingerprint density at radius 3 is 2.62 bits per heavy atom. The average Bonchev–Trinajstić information content (AvgIpc) is 2.31. The number of hydrogen-bond acceptors (Lipinski definition) is 2. The van der Waals surface area contributed by atoms with E-state index in [0.717, 1.165) is 23.9 Å². The predicted octanol–water partition coefficient (Wildman–Crippen LogP) is 3.01. The van der Waals surface area contributed by atoms with Gasteiger partial charge < -0.3 is 5.32 Å². The van der Waals surface area contributed by atoms with E-state index in [1.54, 1.807) is 12.3 Å². The molecule has 0 aliphatic heterocycles. The van der Waals surface area contributed by atoms with Gasteiger partial charge in [-0.2, -0.15) is 0 Å². The van der Waals surface area contributed by atoms with Gasteiger partial charge in [0.1, 0.15) is 5.69 Å². The summed E-state index contributed by atoms with van der Waals surface area (Å²) in [4.78, 5) is 15.8. The van der Waals surface area contributed by atoms with E-state index in [0.29, 0.717) is 11.6 Å². The Bertz CT molecular complexity index is 333. The number of hydrogen-bond donors (Lipinski definition) is 1. The second-order valence-electron chi connectivity index (χ2n) is 3.75. The molecule has 0 saturated carbocycles. The van der Waals surface area contributed by atoms with Crippen molar-refractivity contribution in [1.82, 2.24) is 10.3 Å². The first-order valence-electron chi connectivity index (χ1n) is 5.57. The van der Waals surface area contributed by atoms with Gasteiger partial charge in [0.05, 0.1) is 0 Å². The van der Waals surface area contributed by atoms with Crippen molar-refractivity contribution in [1.29, 1.82) is 0 Å². The number of carbonyl (C=O) groups is 1. The van der Waals surface area contributed by atoms with E-state index < -0.39 is 0 Å². The van der Waals surface area contributed by atoms with E-state index in [9.17, 15) is 4.79 Å². The zero-order chi connectivity index (χ0) is 12.0. The fourth-order valence-electron chi connectivity index (χ4n) is 1.42. The summed E-state index contributed by atoms with van der Waals surface area (Å²) >= 11 is 3.28. The number of amides is 1. The first-order chi connectivity index (χ1) is 7.67. The lowest BCUT2D eigenvalue weighted by atomic mass is 10.0. The van der Waals surface area contributed by atoms with Crippen LogP contribution < -0.4 is 5.32 Å². The molecule has 1 aromatic heterocycles. The highest BCUT2D eigenvalue weighted by Gasteiger charge is 2.09. The van der Waals surface area contributed by atoms with Crippen LogP contribution in [0.2, 0.25) is 0 Å². The van der Waals surface area contributed by atoms with Crippen molar-refractivity contribution in [2.45, 2.75) is 26.7 Å². The monoisotopic (exact) mass is 284 g/mol. The van der Waals surface area contributed by atoms with Crippen molar-refractivity contribution in [3.05, 3.63) is 28.5 Å². The Kier molecular flexibility index (Phi) is 5.46. The van der Waals surface area contributed by atoms with Crippen LogP contribution in [0.25, 0.3) is 0 Å². The zero-order valence-corrected chi connectivity index (χ0v) is 11.3. The number of nitrogens with one attached hydrogen (secondary N) is 1. The topological polar surface area (TPSA) is 42.0 Å². The molecule has 0 atom stereocenters. The highest BCUT2D eigenvalue weighted by Crippen LogP contribution is 2.08. The van der Waals surface area contributed by atoms with Crippen molar-refractivity contribution in [3.8, 4) is 0 Å². The van der Waals surface area contributed by atoms with Gasteiger partial charge >= 0.3 is 0 Å². The molecule has 4 heteroatoms. The molecule has 0 radical (unpaired) electrons. The van der Waals surface area contributed by atoms with Crippen LogP contribution in [-0.2, 0) is 0 Å². The summed E-state index contributed by atoms with van der Waals surface area (Å²) in [5.74, 6) is 0.457. The van der Waals surface area contributed by atoms with Crippen LogP contribution in [0.15, 0.2) is 22.8 Å². The summed E-state index contributed by atoms with van der Waals surface area (Å²) in [5.41, 5.74) is 0.467. The van der Waals surface area contributed by atoms with E-state index in [-0.39, 0.29) is 5.91 Å². The molecular weight excluding hydrogens is 268 g/mol. The number of rotatable bonds is 5. The molecule has 0 aliphatic rings. The summed E-state index contributed by atoms with van der Waals surface area (Å²) in [7, 11) is 0. The summed E-state index contributed by atoms with van der Waals surface area (Å²) in [5, 5.41) is 2.90. The molecule has 0 aromatic carbocycles. The number of pyridine rings is 1. The maximum absolute atomic E-state index is 11.7. The number of aromatic nitrogens is 1. The molecule has 0 aliphatic carbocycles. The molecule has 0 fully saturated rings. The molecule has 16 heavy (non-hydrogen) atoms. The van der Waals surface area contributed by atoms with Crippen LogP contribution in [0.4, 0.5) is 0 Å². The summed E-state index contributed by atoms with van der Waals surface area (Å²) in [6.45, 7) is 5.00. The van der Waals surface area contributed by atoms with Gasteiger partial charge in [0.2, 0.25) is 0 Å². The van der Waals surface area contributed by atoms with E-state index in [1.165, 1.54) is 0 Å². The fourth-order valence-corrected chi connectivity index (χ4v) is 1.65. The number of halogens is 1. The lowest BCUT2D eigenvalue weighted by molar-refractivity contribution is 0.0941. The first kappa shape index (κ1) is 13.2. The SMILES string of the molecule is CCC(CC)CNC(=O)c1ccc(Br)cn1. The molecule has 1 heterocycles. The zero-order valence-electron chi connectivity index (χ0n) is 9.66. The van der Waals surface area contributed by atoms with Gasteiger partial charge in [-0.25, -0.2) is 4.98 Å². The second kappa shape index (κ2) is 6.63. The molecule has 1 rings (SSSR count). The third-order valence-electron chi connectivity index (χ3n) is 2.67. The van der Waals surface area contributed by atoms with Crippen LogP contribution in [0.5, 0.6) is 0 Å². The van der Waals surface area contributed by atoms with Gasteiger partial charge in [-0.3, -0.25) is 4.79 Å². The van der Waals surface area contributed by atoms with Gasteiger partial charge in [0.25, 0.3) is 5.91 Å². The van der Waals surface area contributed by atoms with E-state index >= 15 is 0 Å². The number of nitrogens with zero attached hydrogens (tertiary/aromatic N) is 1. The van der Waals surface area contributed by atoms with Crippen molar-refractivity contribution < 1.29 is 4.79 Å². The van der Waals surface area contributed by atoms with Crippen LogP contribution in [0.3, 0.4) is 0 Å². The van der Waals surface area contributed by atoms with Crippen LogP contribution in [-0.4, -0.2) is 17.4 Å². The third kappa shape index (κ3) is 3.93. The van der Waals surface area contributed by atoms with Crippen molar-refractivity contribution in [2.24, 2.45) is 5.92 Å². The Morgan fingerprint density at radius 2 is 2.12 bits per heavy atom. The van der Waals surface area contributed by atoms with Crippen molar-refractivity contribution in [3.63, 3.8) is 0 Å². The molecule has 1 aromatic rings. The minimum absolute atomic E-state index is 0.0978. The van der Waals surface area contributed by atoms with Gasteiger partial charge in [0, 0.05) is 17.2 Å². The Morgan fingerprint density at radius 1 is 1.44 bits per heavy atom.